The van der Waals surface area contributed by atoms with Crippen molar-refractivity contribution >= 4 is 40.3 Å². The smallest absolute Gasteiger partial charge is 0.341 e. The number of aromatic amines is 1. The van der Waals surface area contributed by atoms with Gasteiger partial charge in [-0.1, -0.05) is 13.8 Å². The number of alkyl halides is 3. The van der Waals surface area contributed by atoms with Crippen LogP contribution in [-0.2, 0) is 15.8 Å². The first-order chi connectivity index (χ1) is 19.7. The van der Waals surface area contributed by atoms with Crippen molar-refractivity contribution in [3.8, 4) is 0 Å². The monoisotopic (exact) mass is 588 g/mol. The van der Waals surface area contributed by atoms with Crippen molar-refractivity contribution in [3.05, 3.63) is 59.5 Å². The molecule has 3 heterocycles. The molecule has 1 aromatic heterocycles. The highest BCUT2D eigenvalue weighted by Crippen LogP contribution is 2.41. The Morgan fingerprint density at radius 1 is 1.07 bits per heavy atom. The molecule has 0 bridgehead atoms. The number of halogens is 4. The lowest BCUT2D eigenvalue weighted by Crippen LogP contribution is -2.60. The Balaban J connectivity index is 1.35. The number of amides is 5. The number of carbonyl (C=O) groups excluding carboxylic acids is 4. The molecular formula is C28H28F4N6O4. The molecule has 42 heavy (non-hydrogen) atoms. The fraction of sp³-hybridized carbons (Fsp3) is 0.393. The summed E-state index contributed by atoms with van der Waals surface area (Å²) in [5, 5.41) is 9.97. The van der Waals surface area contributed by atoms with Crippen LogP contribution in [0, 0.1) is 11.7 Å². The molecule has 0 unspecified atom stereocenters. The third kappa shape index (κ3) is 4.84. The summed E-state index contributed by atoms with van der Waals surface area (Å²) in [6.45, 7) is 3.40. The highest BCUT2D eigenvalue weighted by molar-refractivity contribution is 6.17. The first-order valence-electron chi connectivity index (χ1n) is 13.3. The van der Waals surface area contributed by atoms with Gasteiger partial charge in [-0.2, -0.15) is 18.3 Å². The van der Waals surface area contributed by atoms with Gasteiger partial charge in [-0.15, -0.1) is 0 Å². The lowest BCUT2D eigenvalue weighted by molar-refractivity contribution is -0.139. The number of fused-ring (bicyclic) bond motifs is 1. The molecule has 3 aromatic rings. The van der Waals surface area contributed by atoms with Gasteiger partial charge < -0.3 is 10.2 Å². The molecule has 1 spiro atoms. The van der Waals surface area contributed by atoms with Crippen LogP contribution in [0.2, 0.25) is 0 Å². The number of carbonyl (C=O) groups is 4. The number of likely N-dealkylation sites (tertiary alicyclic amines) is 1. The molecule has 0 aliphatic carbocycles. The van der Waals surface area contributed by atoms with Gasteiger partial charge in [-0.3, -0.25) is 29.3 Å². The predicted octanol–water partition coefficient (Wildman–Crippen LogP) is 3.94. The van der Waals surface area contributed by atoms with Gasteiger partial charge in [0.15, 0.2) is 0 Å². The van der Waals surface area contributed by atoms with E-state index in [1.807, 2.05) is 0 Å². The Bertz CT molecular complexity index is 1580. The van der Waals surface area contributed by atoms with Crippen molar-refractivity contribution in [1.82, 2.24) is 25.3 Å². The van der Waals surface area contributed by atoms with E-state index in [0.717, 1.165) is 15.8 Å². The number of nitrogens with zero attached hydrogens (tertiary/aromatic N) is 4. The number of hydrogen-bond acceptors (Lipinski definition) is 5. The lowest BCUT2D eigenvalue weighted by atomic mass is 9.85. The third-order valence-electron chi connectivity index (χ3n) is 7.95. The third-order valence-corrected chi connectivity index (χ3v) is 7.95. The summed E-state index contributed by atoms with van der Waals surface area (Å²) in [5.74, 6) is -3.74. The molecule has 1 atom stereocenters. The normalized spacial score (nSPS) is 18.0. The Hall–Kier alpha value is -4.49. The topological polar surface area (TPSA) is 119 Å². The van der Waals surface area contributed by atoms with Crippen LogP contribution in [0.1, 0.15) is 42.6 Å². The highest BCUT2D eigenvalue weighted by Gasteiger charge is 2.58. The standard InChI is InChI=1S/C28H28F4N6O4/c1-15(2)22(34-23(39)19-13-17(28(30,31)32)4-6-20(19)29)24(40)37-10-8-27(9-11-37)25(41)36(3)26(42)38(27)18-5-7-21-16(12-18)14-33-35-21/h4-7,12-15,22H,8-11H2,1-3H3,(H,33,35)(H,34,39)/t22-/m0/s1. The van der Waals surface area contributed by atoms with Crippen LogP contribution in [0.5, 0.6) is 0 Å². The zero-order valence-electron chi connectivity index (χ0n) is 23.0. The second-order valence-corrected chi connectivity index (χ2v) is 10.9. The molecule has 222 valence electrons. The minimum absolute atomic E-state index is 0.0627. The van der Waals surface area contributed by atoms with Crippen molar-refractivity contribution in [2.24, 2.45) is 5.92 Å². The Kier molecular flexibility index (Phi) is 7.19. The molecule has 0 radical (unpaired) electrons. The van der Waals surface area contributed by atoms with Crippen molar-refractivity contribution in [3.63, 3.8) is 0 Å². The molecule has 5 amide bonds. The summed E-state index contributed by atoms with van der Waals surface area (Å²) in [7, 11) is 1.40. The van der Waals surface area contributed by atoms with Crippen LogP contribution in [0.4, 0.5) is 28.0 Å². The summed E-state index contributed by atoms with van der Waals surface area (Å²) in [6, 6.07) is 5.03. The van der Waals surface area contributed by atoms with Crippen molar-refractivity contribution in [1.29, 1.82) is 0 Å². The van der Waals surface area contributed by atoms with Crippen LogP contribution in [0.15, 0.2) is 42.6 Å². The fourth-order valence-electron chi connectivity index (χ4n) is 5.59. The molecule has 2 aliphatic heterocycles. The number of imide groups is 1. The second-order valence-electron chi connectivity index (χ2n) is 10.9. The van der Waals surface area contributed by atoms with Gasteiger partial charge >= 0.3 is 12.2 Å². The zero-order valence-corrected chi connectivity index (χ0v) is 23.0. The van der Waals surface area contributed by atoms with E-state index in [9.17, 15) is 36.7 Å². The average Bonchev–Trinajstić information content (AvgIpc) is 3.48. The predicted molar refractivity (Wildman–Crippen MR) is 143 cm³/mol. The first-order valence-corrected chi connectivity index (χ1v) is 13.3. The van der Waals surface area contributed by atoms with Gasteiger partial charge in [0.1, 0.15) is 17.4 Å². The minimum atomic E-state index is -4.79. The summed E-state index contributed by atoms with van der Waals surface area (Å²) in [4.78, 5) is 57.0. The number of piperidine rings is 1. The molecule has 2 aliphatic rings. The number of rotatable bonds is 5. The van der Waals surface area contributed by atoms with E-state index in [4.69, 9.17) is 0 Å². The Labute approximate surface area is 237 Å². The molecule has 5 rings (SSSR count). The van der Waals surface area contributed by atoms with E-state index >= 15 is 0 Å². The quantitative estimate of drug-likeness (QED) is 0.346. The Morgan fingerprint density at radius 3 is 2.40 bits per heavy atom. The van der Waals surface area contributed by atoms with Crippen LogP contribution >= 0.6 is 0 Å². The number of benzene rings is 2. The zero-order chi connectivity index (χ0) is 30.6. The van der Waals surface area contributed by atoms with Crippen LogP contribution in [0.25, 0.3) is 10.9 Å². The number of nitrogens with one attached hydrogen (secondary N) is 2. The number of aromatic nitrogens is 2. The number of likely N-dealkylation sites (N-methyl/N-ethyl adjacent to an activating group) is 1. The average molecular weight is 589 g/mol. The van der Waals surface area contributed by atoms with Crippen molar-refractivity contribution in [2.45, 2.75) is 44.4 Å². The van der Waals surface area contributed by atoms with Gasteiger partial charge in [0.25, 0.3) is 11.8 Å². The summed E-state index contributed by atoms with van der Waals surface area (Å²) >= 11 is 0. The molecule has 2 N–H and O–H groups in total. The van der Waals surface area contributed by atoms with Gasteiger partial charge in [-0.05, 0) is 55.2 Å². The van der Waals surface area contributed by atoms with E-state index in [2.05, 4.69) is 15.5 Å². The molecule has 2 fully saturated rings. The van der Waals surface area contributed by atoms with Crippen LogP contribution in [0.3, 0.4) is 0 Å². The summed E-state index contributed by atoms with van der Waals surface area (Å²) in [6.07, 6.45) is -2.97. The van der Waals surface area contributed by atoms with Crippen molar-refractivity contribution in [2.75, 3.05) is 25.0 Å². The molecule has 0 saturated carbocycles. The largest absolute Gasteiger partial charge is 0.416 e. The number of anilines is 1. The maximum Gasteiger partial charge on any atom is 0.416 e. The molecule has 2 saturated heterocycles. The fourth-order valence-corrected chi connectivity index (χ4v) is 5.59. The van der Waals surface area contributed by atoms with E-state index < -0.39 is 64.4 Å². The summed E-state index contributed by atoms with van der Waals surface area (Å²) in [5.41, 5.74) is -2.00. The Morgan fingerprint density at radius 2 is 1.76 bits per heavy atom. The number of urea groups is 1. The lowest BCUT2D eigenvalue weighted by Gasteiger charge is -2.43. The van der Waals surface area contributed by atoms with E-state index in [-0.39, 0.29) is 25.9 Å². The molecule has 10 nitrogen and oxygen atoms in total. The molecule has 14 heteroatoms. The van der Waals surface area contributed by atoms with Crippen LogP contribution in [-0.4, -0.2) is 75.5 Å². The van der Waals surface area contributed by atoms with Gasteiger partial charge in [0.2, 0.25) is 5.91 Å². The van der Waals surface area contributed by atoms with E-state index in [0.29, 0.717) is 23.9 Å². The van der Waals surface area contributed by atoms with Crippen LogP contribution < -0.4 is 10.2 Å². The maximum absolute atomic E-state index is 14.3. The molecule has 2 aromatic carbocycles. The number of H-pyrrole nitrogens is 1. The minimum Gasteiger partial charge on any atom is -0.341 e. The summed E-state index contributed by atoms with van der Waals surface area (Å²) < 4.78 is 53.8. The first kappa shape index (κ1) is 29.0. The highest BCUT2D eigenvalue weighted by atomic mass is 19.4. The van der Waals surface area contributed by atoms with E-state index in [1.54, 1.807) is 38.2 Å². The molecular weight excluding hydrogens is 560 g/mol. The maximum atomic E-state index is 14.3. The second kappa shape index (κ2) is 10.4. The van der Waals surface area contributed by atoms with Crippen molar-refractivity contribution < 1.29 is 36.7 Å². The van der Waals surface area contributed by atoms with Gasteiger partial charge in [0, 0.05) is 31.2 Å². The van der Waals surface area contributed by atoms with Gasteiger partial charge in [0.05, 0.1) is 22.8 Å². The van der Waals surface area contributed by atoms with Gasteiger partial charge in [-0.25, -0.2) is 9.18 Å². The number of hydrogen-bond donors (Lipinski definition) is 2. The SMILES string of the molecule is CC(C)[C@H](NC(=O)c1cc(C(F)(F)F)ccc1F)C(=O)N1CCC2(CC1)C(=O)N(C)C(=O)N2c1ccc2[nH]ncc2c1. The van der Waals surface area contributed by atoms with E-state index in [1.165, 1.54) is 16.8 Å².